The zero-order valence-corrected chi connectivity index (χ0v) is 20.5. The van der Waals surface area contributed by atoms with E-state index in [9.17, 15) is 9.59 Å². The molecule has 5 nitrogen and oxygen atoms in total. The van der Waals surface area contributed by atoms with Crippen LogP contribution in [0, 0.1) is 5.92 Å². The second-order valence-electron chi connectivity index (χ2n) is 9.41. The van der Waals surface area contributed by atoms with E-state index in [1.165, 1.54) is 5.56 Å². The third kappa shape index (κ3) is 5.35. The minimum Gasteiger partial charge on any atom is -0.355 e. The molecule has 2 aliphatic heterocycles. The summed E-state index contributed by atoms with van der Waals surface area (Å²) in [4.78, 5) is 30.5. The fourth-order valence-electron chi connectivity index (χ4n) is 5.15. The zero-order chi connectivity index (χ0) is 24.2. The summed E-state index contributed by atoms with van der Waals surface area (Å²) >= 11 is 6.07. The SMILES string of the molecule is O=C(NCc1ccccc1)C1CCN(C(=O)C2Cc3ccccc3N2Cc2ccc(Cl)cc2)CC1. The predicted molar refractivity (Wildman–Crippen MR) is 139 cm³/mol. The minimum absolute atomic E-state index is 0.0475. The van der Waals surface area contributed by atoms with Gasteiger partial charge in [-0.15, -0.1) is 0 Å². The van der Waals surface area contributed by atoms with E-state index in [-0.39, 0.29) is 23.8 Å². The van der Waals surface area contributed by atoms with E-state index in [1.807, 2.05) is 71.6 Å². The molecular weight excluding hydrogens is 458 g/mol. The third-order valence-corrected chi connectivity index (χ3v) is 7.38. The average molecular weight is 488 g/mol. The van der Waals surface area contributed by atoms with Gasteiger partial charge in [0.2, 0.25) is 11.8 Å². The molecule has 0 saturated carbocycles. The molecule has 0 aliphatic carbocycles. The van der Waals surface area contributed by atoms with Gasteiger partial charge in [-0.2, -0.15) is 0 Å². The van der Waals surface area contributed by atoms with Crippen LogP contribution < -0.4 is 10.2 Å². The first-order valence-corrected chi connectivity index (χ1v) is 12.7. The number of halogens is 1. The van der Waals surface area contributed by atoms with Crippen molar-refractivity contribution in [3.05, 3.63) is 101 Å². The topological polar surface area (TPSA) is 52.7 Å². The van der Waals surface area contributed by atoms with Gasteiger partial charge in [-0.1, -0.05) is 72.3 Å². The first-order valence-electron chi connectivity index (χ1n) is 12.3. The molecule has 3 aromatic rings. The standard InChI is InChI=1S/C29H30ClN3O2/c30-25-12-10-22(11-13-25)20-33-26-9-5-4-8-24(26)18-27(33)29(35)32-16-14-23(15-17-32)28(34)31-19-21-6-2-1-3-7-21/h1-13,23,27H,14-20H2,(H,31,34). The lowest BCUT2D eigenvalue weighted by atomic mass is 9.95. The lowest BCUT2D eigenvalue weighted by molar-refractivity contribution is -0.136. The lowest BCUT2D eigenvalue weighted by Gasteiger charge is -2.36. The molecule has 2 amide bonds. The summed E-state index contributed by atoms with van der Waals surface area (Å²) in [5, 5.41) is 3.77. The average Bonchev–Trinajstić information content (AvgIpc) is 3.27. The summed E-state index contributed by atoms with van der Waals surface area (Å²) in [5.41, 5.74) is 4.54. The molecule has 1 N–H and O–H groups in total. The maximum Gasteiger partial charge on any atom is 0.245 e. The number of piperidine rings is 1. The first kappa shape index (κ1) is 23.4. The van der Waals surface area contributed by atoms with Crippen molar-refractivity contribution in [2.24, 2.45) is 5.92 Å². The highest BCUT2D eigenvalue weighted by Crippen LogP contribution is 2.35. The number of likely N-dealkylation sites (tertiary alicyclic amines) is 1. The molecule has 0 radical (unpaired) electrons. The second-order valence-corrected chi connectivity index (χ2v) is 9.84. The summed E-state index contributed by atoms with van der Waals surface area (Å²) < 4.78 is 0. The van der Waals surface area contributed by atoms with Crippen molar-refractivity contribution in [3.63, 3.8) is 0 Å². The Hall–Kier alpha value is -3.31. The zero-order valence-electron chi connectivity index (χ0n) is 19.7. The van der Waals surface area contributed by atoms with E-state index >= 15 is 0 Å². The Labute approximate surface area is 211 Å². The summed E-state index contributed by atoms with van der Waals surface area (Å²) in [6.45, 7) is 2.43. The Morgan fingerprint density at radius 1 is 0.857 bits per heavy atom. The van der Waals surface area contributed by atoms with Crippen molar-refractivity contribution in [1.82, 2.24) is 10.2 Å². The van der Waals surface area contributed by atoms with Gasteiger partial charge in [0.05, 0.1) is 0 Å². The number of amides is 2. The molecule has 5 rings (SSSR count). The molecule has 1 saturated heterocycles. The molecular formula is C29H30ClN3O2. The van der Waals surface area contributed by atoms with Crippen LogP contribution in [0.5, 0.6) is 0 Å². The number of anilines is 1. The molecule has 1 fully saturated rings. The Morgan fingerprint density at radius 3 is 2.29 bits per heavy atom. The van der Waals surface area contributed by atoms with Gasteiger partial charge in [0.25, 0.3) is 0 Å². The summed E-state index contributed by atoms with van der Waals surface area (Å²) in [6, 6.07) is 25.8. The first-order chi connectivity index (χ1) is 17.1. The van der Waals surface area contributed by atoms with Gasteiger partial charge in [-0.05, 0) is 47.7 Å². The Bertz CT molecular complexity index is 1170. The maximum atomic E-state index is 13.7. The number of hydrogen-bond acceptors (Lipinski definition) is 3. The van der Waals surface area contributed by atoms with Crippen LogP contribution in [0.1, 0.15) is 29.5 Å². The molecule has 2 heterocycles. The van der Waals surface area contributed by atoms with Crippen LogP contribution in [0.3, 0.4) is 0 Å². The van der Waals surface area contributed by atoms with E-state index in [0.29, 0.717) is 50.5 Å². The number of nitrogens with zero attached hydrogens (tertiary/aromatic N) is 2. The lowest BCUT2D eigenvalue weighted by Crippen LogP contribution is -2.50. The number of carbonyl (C=O) groups excluding carboxylic acids is 2. The Morgan fingerprint density at radius 2 is 1.54 bits per heavy atom. The van der Waals surface area contributed by atoms with Crippen LogP contribution in [-0.2, 0) is 29.1 Å². The molecule has 0 spiro atoms. The van der Waals surface area contributed by atoms with Crippen molar-refractivity contribution in [2.45, 2.75) is 38.4 Å². The van der Waals surface area contributed by atoms with E-state index < -0.39 is 0 Å². The van der Waals surface area contributed by atoms with Crippen LogP contribution in [0.15, 0.2) is 78.9 Å². The number of nitrogens with one attached hydrogen (secondary N) is 1. The largest absolute Gasteiger partial charge is 0.355 e. The molecule has 35 heavy (non-hydrogen) atoms. The Balaban J connectivity index is 1.21. The van der Waals surface area contributed by atoms with Gasteiger partial charge in [0, 0.05) is 49.2 Å². The maximum absolute atomic E-state index is 13.7. The minimum atomic E-state index is -0.230. The van der Waals surface area contributed by atoms with Crippen molar-refractivity contribution in [3.8, 4) is 0 Å². The quantitative estimate of drug-likeness (QED) is 0.542. The molecule has 0 aromatic heterocycles. The van der Waals surface area contributed by atoms with Crippen molar-refractivity contribution in [2.75, 3.05) is 18.0 Å². The van der Waals surface area contributed by atoms with Gasteiger partial charge >= 0.3 is 0 Å². The summed E-state index contributed by atoms with van der Waals surface area (Å²) in [5.74, 6) is 0.186. The number of rotatable bonds is 6. The van der Waals surface area contributed by atoms with E-state index in [0.717, 1.165) is 16.8 Å². The van der Waals surface area contributed by atoms with Crippen molar-refractivity contribution < 1.29 is 9.59 Å². The normalized spacial score (nSPS) is 17.8. The number of fused-ring (bicyclic) bond motifs is 1. The molecule has 0 bridgehead atoms. The highest BCUT2D eigenvalue weighted by atomic mass is 35.5. The summed E-state index contributed by atoms with van der Waals surface area (Å²) in [7, 11) is 0. The molecule has 6 heteroatoms. The van der Waals surface area contributed by atoms with Gasteiger partial charge in [-0.3, -0.25) is 9.59 Å². The van der Waals surface area contributed by atoms with Crippen LogP contribution in [0.2, 0.25) is 5.02 Å². The molecule has 1 atom stereocenters. The molecule has 180 valence electrons. The predicted octanol–water partition coefficient (Wildman–Crippen LogP) is 4.83. The Kier molecular flexibility index (Phi) is 7.05. The third-order valence-electron chi connectivity index (χ3n) is 7.13. The highest BCUT2D eigenvalue weighted by Gasteiger charge is 2.38. The van der Waals surface area contributed by atoms with Gasteiger partial charge in [-0.25, -0.2) is 0 Å². The van der Waals surface area contributed by atoms with Crippen LogP contribution in [0.25, 0.3) is 0 Å². The van der Waals surface area contributed by atoms with E-state index in [4.69, 9.17) is 11.6 Å². The fourth-order valence-corrected chi connectivity index (χ4v) is 5.28. The summed E-state index contributed by atoms with van der Waals surface area (Å²) in [6.07, 6.45) is 2.10. The van der Waals surface area contributed by atoms with Crippen LogP contribution >= 0.6 is 11.6 Å². The fraction of sp³-hybridized carbons (Fsp3) is 0.310. The van der Waals surface area contributed by atoms with Crippen LogP contribution in [-0.4, -0.2) is 35.8 Å². The monoisotopic (exact) mass is 487 g/mol. The highest BCUT2D eigenvalue weighted by molar-refractivity contribution is 6.30. The van der Waals surface area contributed by atoms with Gasteiger partial charge in [0.15, 0.2) is 0 Å². The van der Waals surface area contributed by atoms with Gasteiger partial charge in [0.1, 0.15) is 6.04 Å². The second kappa shape index (κ2) is 10.5. The molecule has 1 unspecified atom stereocenters. The number of benzene rings is 3. The van der Waals surface area contributed by atoms with Crippen molar-refractivity contribution in [1.29, 1.82) is 0 Å². The smallest absolute Gasteiger partial charge is 0.245 e. The van der Waals surface area contributed by atoms with E-state index in [1.54, 1.807) is 0 Å². The van der Waals surface area contributed by atoms with Gasteiger partial charge < -0.3 is 15.1 Å². The van der Waals surface area contributed by atoms with Crippen molar-refractivity contribution >= 4 is 29.1 Å². The number of para-hydroxylation sites is 1. The van der Waals surface area contributed by atoms with E-state index in [2.05, 4.69) is 22.3 Å². The molecule has 2 aliphatic rings. The van der Waals surface area contributed by atoms with Crippen LogP contribution in [0.4, 0.5) is 5.69 Å². The number of carbonyl (C=O) groups is 2. The number of hydrogen-bond donors (Lipinski definition) is 1. The molecule has 3 aromatic carbocycles.